The quantitative estimate of drug-likeness (QED) is 0.403. The Bertz CT molecular complexity index is 290. The van der Waals surface area contributed by atoms with E-state index >= 15 is 0 Å². The van der Waals surface area contributed by atoms with Crippen molar-refractivity contribution in [2.45, 2.75) is 90.3 Å². The molecule has 0 saturated heterocycles. The number of aliphatic hydroxyl groups is 1. The van der Waals surface area contributed by atoms with Crippen LogP contribution in [0.25, 0.3) is 0 Å². The van der Waals surface area contributed by atoms with Gasteiger partial charge in [0.15, 0.2) is 0 Å². The largest absolute Gasteiger partial charge is 0.481 e. The molecule has 0 heterocycles. The van der Waals surface area contributed by atoms with E-state index in [0.29, 0.717) is 12.8 Å². The molecule has 0 rings (SSSR count). The number of aliphatic carboxylic acids is 1. The molecule has 0 amide bonds. The molecule has 0 aromatic rings. The van der Waals surface area contributed by atoms with E-state index in [2.05, 4.69) is 13.8 Å². The third-order valence-electron chi connectivity index (χ3n) is 3.37. The Morgan fingerprint density at radius 2 is 1.52 bits per heavy atom. The number of hydrogen-bond donors (Lipinski definition) is 2. The van der Waals surface area contributed by atoms with Crippen LogP contribution in [0.1, 0.15) is 78.1 Å². The molecular formula is C16H30O5. The zero-order chi connectivity index (χ0) is 16.1. The van der Waals surface area contributed by atoms with Gasteiger partial charge in [0.25, 0.3) is 0 Å². The molecule has 2 N–H and O–H groups in total. The van der Waals surface area contributed by atoms with Gasteiger partial charge in [-0.3, -0.25) is 9.59 Å². The van der Waals surface area contributed by atoms with E-state index in [9.17, 15) is 14.7 Å². The van der Waals surface area contributed by atoms with Crippen LogP contribution >= 0.6 is 0 Å². The van der Waals surface area contributed by atoms with Crippen LogP contribution in [0, 0.1) is 0 Å². The summed E-state index contributed by atoms with van der Waals surface area (Å²) in [6.45, 7) is 4.14. The number of carbonyl (C=O) groups is 2. The molecule has 5 heteroatoms. The SMILES string of the molecule is CCCCCC(O)CC(=O)OC(CCCCC)CC(=O)O. The van der Waals surface area contributed by atoms with Crippen LogP contribution in [-0.4, -0.2) is 34.4 Å². The van der Waals surface area contributed by atoms with Crippen molar-refractivity contribution in [3.05, 3.63) is 0 Å². The van der Waals surface area contributed by atoms with E-state index < -0.39 is 24.1 Å². The Hall–Kier alpha value is -1.10. The van der Waals surface area contributed by atoms with Gasteiger partial charge in [-0.25, -0.2) is 0 Å². The number of unbranched alkanes of at least 4 members (excludes halogenated alkanes) is 4. The van der Waals surface area contributed by atoms with Crippen LogP contribution in [0.3, 0.4) is 0 Å². The van der Waals surface area contributed by atoms with Crippen molar-refractivity contribution in [3.63, 3.8) is 0 Å². The van der Waals surface area contributed by atoms with Crippen molar-refractivity contribution in [2.75, 3.05) is 0 Å². The van der Waals surface area contributed by atoms with Crippen molar-refractivity contribution in [1.82, 2.24) is 0 Å². The van der Waals surface area contributed by atoms with Gasteiger partial charge in [-0.15, -0.1) is 0 Å². The number of rotatable bonds is 13. The van der Waals surface area contributed by atoms with Crippen LogP contribution in [0.5, 0.6) is 0 Å². The summed E-state index contributed by atoms with van der Waals surface area (Å²) in [5.41, 5.74) is 0. The highest BCUT2D eigenvalue weighted by Crippen LogP contribution is 2.13. The summed E-state index contributed by atoms with van der Waals surface area (Å²) >= 11 is 0. The molecule has 0 spiro atoms. The van der Waals surface area contributed by atoms with Crippen LogP contribution < -0.4 is 0 Å². The first-order valence-electron chi connectivity index (χ1n) is 8.08. The minimum absolute atomic E-state index is 0.0480. The van der Waals surface area contributed by atoms with Gasteiger partial charge in [0, 0.05) is 0 Å². The highest BCUT2D eigenvalue weighted by atomic mass is 16.5. The molecular weight excluding hydrogens is 272 g/mol. The summed E-state index contributed by atoms with van der Waals surface area (Å²) in [6.07, 6.45) is 5.53. The van der Waals surface area contributed by atoms with Gasteiger partial charge in [0.2, 0.25) is 0 Å². The fraction of sp³-hybridized carbons (Fsp3) is 0.875. The second-order valence-electron chi connectivity index (χ2n) is 5.56. The Morgan fingerprint density at radius 3 is 2.05 bits per heavy atom. The summed E-state index contributed by atoms with van der Waals surface area (Å²) in [7, 11) is 0. The third kappa shape index (κ3) is 12.4. The smallest absolute Gasteiger partial charge is 0.308 e. The van der Waals surface area contributed by atoms with E-state index in [-0.39, 0.29) is 12.8 Å². The highest BCUT2D eigenvalue weighted by Gasteiger charge is 2.19. The van der Waals surface area contributed by atoms with Gasteiger partial charge < -0.3 is 14.9 Å². The van der Waals surface area contributed by atoms with Gasteiger partial charge in [0.1, 0.15) is 6.10 Å². The number of ether oxygens (including phenoxy) is 1. The number of hydrogen-bond acceptors (Lipinski definition) is 4. The van der Waals surface area contributed by atoms with Gasteiger partial charge in [0.05, 0.1) is 18.9 Å². The predicted molar refractivity (Wildman–Crippen MR) is 81.0 cm³/mol. The first kappa shape index (κ1) is 19.9. The fourth-order valence-electron chi connectivity index (χ4n) is 2.18. The predicted octanol–water partition coefficient (Wildman–Crippen LogP) is 3.28. The van der Waals surface area contributed by atoms with Crippen LogP contribution in [-0.2, 0) is 14.3 Å². The molecule has 5 nitrogen and oxygen atoms in total. The number of esters is 1. The fourth-order valence-corrected chi connectivity index (χ4v) is 2.18. The topological polar surface area (TPSA) is 83.8 Å². The molecule has 0 aromatic heterocycles. The number of carbonyl (C=O) groups excluding carboxylic acids is 1. The van der Waals surface area contributed by atoms with Crippen LogP contribution in [0.4, 0.5) is 0 Å². The third-order valence-corrected chi connectivity index (χ3v) is 3.37. The summed E-state index contributed by atoms with van der Waals surface area (Å²) in [5.74, 6) is -1.46. The average molecular weight is 302 g/mol. The normalized spacial score (nSPS) is 13.7. The average Bonchev–Trinajstić information content (AvgIpc) is 2.38. The maximum absolute atomic E-state index is 11.7. The molecule has 124 valence electrons. The molecule has 0 radical (unpaired) electrons. The van der Waals surface area contributed by atoms with E-state index in [4.69, 9.17) is 9.84 Å². The lowest BCUT2D eigenvalue weighted by Gasteiger charge is -2.17. The maximum atomic E-state index is 11.7. The van der Waals surface area contributed by atoms with Crippen molar-refractivity contribution in [3.8, 4) is 0 Å². The lowest BCUT2D eigenvalue weighted by molar-refractivity contribution is -0.155. The van der Waals surface area contributed by atoms with E-state index in [0.717, 1.165) is 38.5 Å². The summed E-state index contributed by atoms with van der Waals surface area (Å²) < 4.78 is 5.21. The van der Waals surface area contributed by atoms with Crippen LogP contribution in [0.2, 0.25) is 0 Å². The van der Waals surface area contributed by atoms with E-state index in [1.165, 1.54) is 0 Å². The Kier molecular flexibility index (Phi) is 12.0. The lowest BCUT2D eigenvalue weighted by atomic mass is 10.1. The number of aliphatic hydroxyl groups excluding tert-OH is 1. The molecule has 21 heavy (non-hydrogen) atoms. The Morgan fingerprint density at radius 1 is 0.952 bits per heavy atom. The molecule has 2 atom stereocenters. The summed E-state index contributed by atoms with van der Waals surface area (Å²) in [5, 5.41) is 18.6. The van der Waals surface area contributed by atoms with Crippen molar-refractivity contribution in [1.29, 1.82) is 0 Å². The molecule has 0 aliphatic heterocycles. The van der Waals surface area contributed by atoms with Crippen molar-refractivity contribution >= 4 is 11.9 Å². The first-order chi connectivity index (χ1) is 9.99. The minimum atomic E-state index is -0.965. The van der Waals surface area contributed by atoms with Crippen molar-refractivity contribution in [2.24, 2.45) is 0 Å². The van der Waals surface area contributed by atoms with E-state index in [1.54, 1.807) is 0 Å². The summed E-state index contributed by atoms with van der Waals surface area (Å²) in [6, 6.07) is 0. The van der Waals surface area contributed by atoms with Gasteiger partial charge in [-0.05, 0) is 19.3 Å². The molecule has 0 aromatic carbocycles. The minimum Gasteiger partial charge on any atom is -0.481 e. The second-order valence-corrected chi connectivity index (χ2v) is 5.56. The lowest BCUT2D eigenvalue weighted by Crippen LogP contribution is -2.24. The molecule has 0 fully saturated rings. The molecule has 0 bridgehead atoms. The first-order valence-corrected chi connectivity index (χ1v) is 8.08. The van der Waals surface area contributed by atoms with Crippen LogP contribution in [0.15, 0.2) is 0 Å². The van der Waals surface area contributed by atoms with E-state index in [1.807, 2.05) is 0 Å². The molecule has 0 aliphatic carbocycles. The zero-order valence-electron chi connectivity index (χ0n) is 13.3. The highest BCUT2D eigenvalue weighted by molar-refractivity contribution is 5.71. The molecule has 2 unspecified atom stereocenters. The van der Waals surface area contributed by atoms with Gasteiger partial charge in [-0.1, -0.05) is 46.0 Å². The molecule has 0 aliphatic rings. The van der Waals surface area contributed by atoms with Crippen molar-refractivity contribution < 1.29 is 24.5 Å². The molecule has 0 saturated carbocycles. The second kappa shape index (κ2) is 12.6. The zero-order valence-corrected chi connectivity index (χ0v) is 13.3. The van der Waals surface area contributed by atoms with Gasteiger partial charge >= 0.3 is 11.9 Å². The monoisotopic (exact) mass is 302 g/mol. The maximum Gasteiger partial charge on any atom is 0.308 e. The number of carboxylic acids is 1. The number of carboxylic acid groups (broad SMARTS) is 1. The standard InChI is InChI=1S/C16H30O5/c1-3-5-7-9-13(17)11-16(20)21-14(12-15(18)19)10-8-6-4-2/h13-14,17H,3-12H2,1-2H3,(H,18,19). The summed E-state index contributed by atoms with van der Waals surface area (Å²) in [4.78, 5) is 22.5. The Labute approximate surface area is 127 Å². The Balaban J connectivity index is 4.09. The van der Waals surface area contributed by atoms with Gasteiger partial charge in [-0.2, -0.15) is 0 Å².